The van der Waals surface area contributed by atoms with Crippen LogP contribution in [-0.2, 0) is 11.4 Å². The summed E-state index contributed by atoms with van der Waals surface area (Å²) in [4.78, 5) is 19.4. The lowest BCUT2D eigenvalue weighted by atomic mass is 10.1. The van der Waals surface area contributed by atoms with E-state index in [2.05, 4.69) is 28.6 Å². The van der Waals surface area contributed by atoms with Crippen LogP contribution in [0.25, 0.3) is 5.69 Å². The fraction of sp³-hybridized carbons (Fsp3) is 0.261. The average molecular weight is 429 g/mol. The molecule has 0 saturated heterocycles. The lowest BCUT2D eigenvalue weighted by Gasteiger charge is -2.21. The van der Waals surface area contributed by atoms with E-state index < -0.39 is 0 Å². The molecule has 0 saturated carbocycles. The van der Waals surface area contributed by atoms with Gasteiger partial charge >= 0.3 is 0 Å². The Hall–Kier alpha value is -4.03. The predicted octanol–water partition coefficient (Wildman–Crippen LogP) is 2.94. The number of anilines is 2. The van der Waals surface area contributed by atoms with Gasteiger partial charge in [0.2, 0.25) is 5.91 Å². The molecule has 0 atom stereocenters. The number of aromatic nitrogens is 3. The molecule has 4 rings (SSSR count). The van der Waals surface area contributed by atoms with E-state index in [-0.39, 0.29) is 18.9 Å². The summed E-state index contributed by atoms with van der Waals surface area (Å²) in [7, 11) is 1.94. The molecule has 0 fully saturated rings. The molecular weight excluding hydrogens is 406 g/mol. The molecule has 0 unspecified atom stereocenters. The Morgan fingerprint density at radius 3 is 2.91 bits per heavy atom. The molecule has 0 aliphatic carbocycles. The van der Waals surface area contributed by atoms with Crippen molar-refractivity contribution in [1.82, 2.24) is 15.0 Å². The summed E-state index contributed by atoms with van der Waals surface area (Å²) in [6, 6.07) is 13.2. The summed E-state index contributed by atoms with van der Waals surface area (Å²) in [5.41, 5.74) is 5.01. The number of benzene rings is 2. The van der Waals surface area contributed by atoms with E-state index in [4.69, 9.17) is 4.99 Å². The van der Waals surface area contributed by atoms with Crippen molar-refractivity contribution in [2.45, 2.75) is 26.4 Å². The van der Waals surface area contributed by atoms with Gasteiger partial charge in [-0.15, -0.1) is 5.10 Å². The SMILES string of the molecule is CCCN(C)c1cc2c(cc1C#N)NC(=O)CC(c1cccc(-n3nncc3CO)c1)=N2. The van der Waals surface area contributed by atoms with E-state index in [9.17, 15) is 15.2 Å². The molecule has 162 valence electrons. The molecule has 2 N–H and O–H groups in total. The second-order valence-electron chi connectivity index (χ2n) is 7.55. The van der Waals surface area contributed by atoms with Crippen LogP contribution in [0, 0.1) is 11.3 Å². The molecule has 1 aromatic heterocycles. The Morgan fingerprint density at radius 2 is 2.16 bits per heavy atom. The van der Waals surface area contributed by atoms with Gasteiger partial charge in [-0.3, -0.25) is 9.79 Å². The number of nitrogens with zero attached hydrogens (tertiary/aromatic N) is 6. The summed E-state index contributed by atoms with van der Waals surface area (Å²) in [5, 5.41) is 29.9. The number of hydrogen-bond donors (Lipinski definition) is 2. The second kappa shape index (κ2) is 8.99. The van der Waals surface area contributed by atoms with Crippen LogP contribution < -0.4 is 10.2 Å². The summed E-state index contributed by atoms with van der Waals surface area (Å²) < 4.78 is 1.55. The Labute approximate surface area is 185 Å². The topological polar surface area (TPSA) is 119 Å². The molecule has 2 aromatic carbocycles. The predicted molar refractivity (Wildman–Crippen MR) is 121 cm³/mol. The molecule has 1 aliphatic heterocycles. The molecule has 2 heterocycles. The molecule has 0 bridgehead atoms. The van der Waals surface area contributed by atoms with Crippen molar-refractivity contribution in [2.75, 3.05) is 23.8 Å². The normalized spacial score (nSPS) is 12.9. The third-order valence-corrected chi connectivity index (χ3v) is 5.27. The van der Waals surface area contributed by atoms with Crippen molar-refractivity contribution in [2.24, 2.45) is 4.99 Å². The molecule has 1 aliphatic rings. The van der Waals surface area contributed by atoms with Crippen molar-refractivity contribution in [3.05, 3.63) is 59.4 Å². The summed E-state index contributed by atoms with van der Waals surface area (Å²) in [6.45, 7) is 2.68. The van der Waals surface area contributed by atoms with Crippen molar-refractivity contribution < 1.29 is 9.90 Å². The van der Waals surface area contributed by atoms with E-state index in [1.54, 1.807) is 10.7 Å². The first-order chi connectivity index (χ1) is 15.5. The molecule has 3 aromatic rings. The molecular formula is C23H23N7O2. The number of nitrogens with one attached hydrogen (secondary N) is 1. The Morgan fingerprint density at radius 1 is 1.31 bits per heavy atom. The maximum absolute atomic E-state index is 12.6. The number of aliphatic imine (C=N–C) groups is 1. The average Bonchev–Trinajstić information content (AvgIpc) is 3.21. The van der Waals surface area contributed by atoms with Crippen LogP contribution in [0.4, 0.5) is 17.1 Å². The van der Waals surface area contributed by atoms with Crippen molar-refractivity contribution >= 4 is 28.7 Å². The van der Waals surface area contributed by atoms with E-state index in [1.807, 2.05) is 42.3 Å². The van der Waals surface area contributed by atoms with E-state index in [0.717, 1.165) is 24.2 Å². The van der Waals surface area contributed by atoms with E-state index in [0.29, 0.717) is 34.0 Å². The van der Waals surface area contributed by atoms with Gasteiger partial charge in [0.05, 0.1) is 58.9 Å². The zero-order valence-electron chi connectivity index (χ0n) is 17.9. The van der Waals surface area contributed by atoms with Gasteiger partial charge in [-0.25, -0.2) is 4.68 Å². The third-order valence-electron chi connectivity index (χ3n) is 5.27. The van der Waals surface area contributed by atoms with Crippen LogP contribution in [0.15, 0.2) is 47.6 Å². The van der Waals surface area contributed by atoms with Gasteiger partial charge < -0.3 is 15.3 Å². The fourth-order valence-electron chi connectivity index (χ4n) is 3.73. The largest absolute Gasteiger partial charge is 0.390 e. The number of carbonyl (C=O) groups is 1. The maximum Gasteiger partial charge on any atom is 0.230 e. The molecule has 0 spiro atoms. The van der Waals surface area contributed by atoms with Gasteiger partial charge in [0, 0.05) is 13.6 Å². The van der Waals surface area contributed by atoms with Crippen LogP contribution >= 0.6 is 0 Å². The minimum atomic E-state index is -0.205. The van der Waals surface area contributed by atoms with Crippen LogP contribution in [0.5, 0.6) is 0 Å². The molecule has 1 amide bonds. The minimum Gasteiger partial charge on any atom is -0.390 e. The van der Waals surface area contributed by atoms with E-state index in [1.165, 1.54) is 6.20 Å². The first-order valence-corrected chi connectivity index (χ1v) is 10.3. The first kappa shape index (κ1) is 21.2. The highest BCUT2D eigenvalue weighted by Crippen LogP contribution is 2.36. The van der Waals surface area contributed by atoms with Gasteiger partial charge in [-0.2, -0.15) is 5.26 Å². The molecule has 9 heteroatoms. The Balaban J connectivity index is 1.80. The van der Waals surface area contributed by atoms with Crippen molar-refractivity contribution in [3.63, 3.8) is 0 Å². The van der Waals surface area contributed by atoms with Crippen molar-refractivity contribution in [3.8, 4) is 11.8 Å². The van der Waals surface area contributed by atoms with Crippen LogP contribution in [0.3, 0.4) is 0 Å². The third kappa shape index (κ3) is 4.08. The first-order valence-electron chi connectivity index (χ1n) is 10.3. The number of rotatable bonds is 6. The number of amides is 1. The minimum absolute atomic E-state index is 0.0877. The van der Waals surface area contributed by atoms with E-state index >= 15 is 0 Å². The fourth-order valence-corrected chi connectivity index (χ4v) is 3.73. The summed E-state index contributed by atoms with van der Waals surface area (Å²) in [6.07, 6.45) is 2.53. The number of fused-ring (bicyclic) bond motifs is 1. The van der Waals surface area contributed by atoms with Gasteiger partial charge in [-0.05, 0) is 36.2 Å². The maximum atomic E-state index is 12.6. The smallest absolute Gasteiger partial charge is 0.230 e. The van der Waals surface area contributed by atoms with Gasteiger partial charge in [0.1, 0.15) is 6.07 Å². The highest BCUT2D eigenvalue weighted by molar-refractivity contribution is 6.17. The zero-order chi connectivity index (χ0) is 22.7. The van der Waals surface area contributed by atoms with Crippen molar-refractivity contribution in [1.29, 1.82) is 5.26 Å². The Kier molecular flexibility index (Phi) is 5.96. The lowest BCUT2D eigenvalue weighted by Crippen LogP contribution is -2.19. The summed E-state index contributed by atoms with van der Waals surface area (Å²) >= 11 is 0. The highest BCUT2D eigenvalue weighted by atomic mass is 16.3. The lowest BCUT2D eigenvalue weighted by molar-refractivity contribution is -0.115. The standard InChI is InChI=1S/C23H23N7O2/c1-3-7-29(2)22-10-21-20(9-16(22)12-24)27-23(32)11-19(26-21)15-5-4-6-17(8-15)30-18(14-31)13-25-28-30/h4-6,8-10,13,31H,3,7,11,14H2,1-2H3,(H,27,32). The highest BCUT2D eigenvalue weighted by Gasteiger charge is 2.21. The molecule has 0 radical (unpaired) electrons. The second-order valence-corrected chi connectivity index (χ2v) is 7.55. The number of nitriles is 1. The van der Waals surface area contributed by atoms with Gasteiger partial charge in [-0.1, -0.05) is 24.3 Å². The summed E-state index contributed by atoms with van der Waals surface area (Å²) in [5.74, 6) is -0.205. The number of aliphatic hydroxyl groups is 1. The van der Waals surface area contributed by atoms with Crippen LogP contribution in [-0.4, -0.2) is 45.3 Å². The van der Waals surface area contributed by atoms with Gasteiger partial charge in [0.25, 0.3) is 0 Å². The number of aliphatic hydroxyl groups excluding tert-OH is 1. The van der Waals surface area contributed by atoms with Crippen LogP contribution in [0.2, 0.25) is 0 Å². The quantitative estimate of drug-likeness (QED) is 0.622. The van der Waals surface area contributed by atoms with Crippen LogP contribution in [0.1, 0.15) is 36.6 Å². The molecule has 9 nitrogen and oxygen atoms in total. The van der Waals surface area contributed by atoms with Gasteiger partial charge in [0.15, 0.2) is 0 Å². The number of hydrogen-bond acceptors (Lipinski definition) is 7. The zero-order valence-corrected chi connectivity index (χ0v) is 17.9. The number of carbonyl (C=O) groups excluding carboxylic acids is 1. The monoisotopic (exact) mass is 429 g/mol. The molecule has 32 heavy (non-hydrogen) atoms. The Bertz CT molecular complexity index is 1240.